The van der Waals surface area contributed by atoms with Crippen LogP contribution in [0.1, 0.15) is 53.4 Å². The van der Waals surface area contributed by atoms with Crippen molar-refractivity contribution in [1.82, 2.24) is 14.9 Å². The van der Waals surface area contributed by atoms with Crippen molar-refractivity contribution >= 4 is 28.8 Å². The lowest BCUT2D eigenvalue weighted by Gasteiger charge is -2.28. The van der Waals surface area contributed by atoms with E-state index < -0.39 is 29.9 Å². The Hall–Kier alpha value is -3.48. The second kappa shape index (κ2) is 7.16. The van der Waals surface area contributed by atoms with E-state index in [-0.39, 0.29) is 5.92 Å². The first-order chi connectivity index (χ1) is 13.9. The Morgan fingerprint density at radius 3 is 2.14 bits per heavy atom. The number of nitrogens with one attached hydrogen (secondary N) is 1. The van der Waals surface area contributed by atoms with Crippen LogP contribution in [0.5, 0.6) is 0 Å². The minimum absolute atomic E-state index is 0.307. The SMILES string of the molecule is CC(C)[C@@H](C(=O)O[C@@H](C)c1nc2ccccc2[nH]1)N1C(=O)c2ccccc2C1=O. The van der Waals surface area contributed by atoms with Crippen molar-refractivity contribution in [2.24, 2.45) is 5.92 Å². The Kier molecular flexibility index (Phi) is 4.66. The number of rotatable bonds is 5. The molecule has 0 spiro atoms. The molecule has 0 fully saturated rings. The molecular weight excluding hydrogens is 370 g/mol. The number of carbonyl (C=O) groups is 3. The number of fused-ring (bicyclic) bond motifs is 2. The van der Waals surface area contributed by atoms with Crippen LogP contribution in [0.2, 0.25) is 0 Å². The number of aromatic nitrogens is 2. The fourth-order valence-electron chi connectivity index (χ4n) is 3.60. The van der Waals surface area contributed by atoms with Gasteiger partial charge in [0.15, 0.2) is 6.10 Å². The molecule has 0 unspecified atom stereocenters. The van der Waals surface area contributed by atoms with Crippen LogP contribution in [0.25, 0.3) is 11.0 Å². The molecule has 0 saturated heterocycles. The number of ether oxygens (including phenoxy) is 1. The van der Waals surface area contributed by atoms with Crippen molar-refractivity contribution in [3.63, 3.8) is 0 Å². The number of amides is 2. The average Bonchev–Trinajstić information content (AvgIpc) is 3.24. The van der Waals surface area contributed by atoms with Gasteiger partial charge in [-0.3, -0.25) is 14.5 Å². The first-order valence-electron chi connectivity index (χ1n) is 9.50. The monoisotopic (exact) mass is 391 g/mol. The molecule has 1 aliphatic heterocycles. The van der Waals surface area contributed by atoms with Gasteiger partial charge in [-0.1, -0.05) is 38.1 Å². The molecule has 0 bridgehead atoms. The highest BCUT2D eigenvalue weighted by Crippen LogP contribution is 2.29. The number of aromatic amines is 1. The second-order valence-electron chi connectivity index (χ2n) is 7.43. The van der Waals surface area contributed by atoms with Crippen LogP contribution in [-0.4, -0.2) is 38.7 Å². The molecule has 1 N–H and O–H groups in total. The topological polar surface area (TPSA) is 92.4 Å². The zero-order valence-electron chi connectivity index (χ0n) is 16.4. The van der Waals surface area contributed by atoms with Crippen molar-refractivity contribution in [3.05, 3.63) is 65.5 Å². The van der Waals surface area contributed by atoms with Crippen LogP contribution in [-0.2, 0) is 9.53 Å². The molecule has 1 aliphatic rings. The summed E-state index contributed by atoms with van der Waals surface area (Å²) >= 11 is 0. The third-order valence-corrected chi connectivity index (χ3v) is 5.06. The highest BCUT2D eigenvalue weighted by atomic mass is 16.5. The van der Waals surface area contributed by atoms with Gasteiger partial charge in [0.2, 0.25) is 0 Å². The Balaban J connectivity index is 1.58. The van der Waals surface area contributed by atoms with E-state index in [1.165, 1.54) is 0 Å². The van der Waals surface area contributed by atoms with Crippen LogP contribution in [0.15, 0.2) is 48.5 Å². The molecular formula is C22H21N3O4. The van der Waals surface area contributed by atoms with Crippen molar-refractivity contribution in [2.45, 2.75) is 32.9 Å². The van der Waals surface area contributed by atoms with Gasteiger partial charge in [-0.2, -0.15) is 0 Å². The van der Waals surface area contributed by atoms with Gasteiger partial charge in [-0.25, -0.2) is 9.78 Å². The second-order valence-corrected chi connectivity index (χ2v) is 7.43. The molecule has 2 amide bonds. The number of imide groups is 1. The number of imidazole rings is 1. The summed E-state index contributed by atoms with van der Waals surface area (Å²) in [4.78, 5) is 47.2. The highest BCUT2D eigenvalue weighted by molar-refractivity contribution is 6.22. The van der Waals surface area contributed by atoms with Crippen LogP contribution >= 0.6 is 0 Å². The zero-order valence-corrected chi connectivity index (χ0v) is 16.4. The summed E-state index contributed by atoms with van der Waals surface area (Å²) in [6, 6.07) is 13.1. The molecule has 0 saturated carbocycles. The number of hydrogen-bond donors (Lipinski definition) is 1. The normalized spacial score (nSPS) is 15.7. The van der Waals surface area contributed by atoms with Crippen LogP contribution in [0.4, 0.5) is 0 Å². The van der Waals surface area contributed by atoms with E-state index >= 15 is 0 Å². The van der Waals surface area contributed by atoms with E-state index in [0.717, 1.165) is 15.9 Å². The number of H-pyrrole nitrogens is 1. The summed E-state index contributed by atoms with van der Waals surface area (Å²) in [5.41, 5.74) is 2.22. The Labute approximate surface area is 167 Å². The van der Waals surface area contributed by atoms with Gasteiger partial charge in [0.25, 0.3) is 11.8 Å². The molecule has 7 heteroatoms. The fraction of sp³-hybridized carbons (Fsp3) is 0.273. The van der Waals surface area contributed by atoms with Gasteiger partial charge >= 0.3 is 5.97 Å². The van der Waals surface area contributed by atoms with Gasteiger partial charge in [-0.15, -0.1) is 0 Å². The number of nitrogens with zero attached hydrogens (tertiary/aromatic N) is 2. The van der Waals surface area contributed by atoms with Crippen LogP contribution in [0.3, 0.4) is 0 Å². The number of esters is 1. The largest absolute Gasteiger partial charge is 0.453 e. The molecule has 2 heterocycles. The molecule has 148 valence electrons. The van der Waals surface area contributed by atoms with Gasteiger partial charge < -0.3 is 9.72 Å². The molecule has 1 aromatic heterocycles. The predicted molar refractivity (Wildman–Crippen MR) is 106 cm³/mol. The molecule has 0 aliphatic carbocycles. The maximum Gasteiger partial charge on any atom is 0.330 e. The van der Waals surface area contributed by atoms with Gasteiger partial charge in [0.05, 0.1) is 22.2 Å². The quantitative estimate of drug-likeness (QED) is 0.531. The molecule has 3 aromatic rings. The van der Waals surface area contributed by atoms with Crippen molar-refractivity contribution in [1.29, 1.82) is 0 Å². The third kappa shape index (κ3) is 3.18. The van der Waals surface area contributed by atoms with Crippen molar-refractivity contribution in [2.75, 3.05) is 0 Å². The summed E-state index contributed by atoms with van der Waals surface area (Å²) in [5, 5.41) is 0. The summed E-state index contributed by atoms with van der Waals surface area (Å²) in [7, 11) is 0. The van der Waals surface area contributed by atoms with E-state index in [0.29, 0.717) is 17.0 Å². The molecule has 2 atom stereocenters. The lowest BCUT2D eigenvalue weighted by atomic mass is 10.0. The number of carbonyl (C=O) groups excluding carboxylic acids is 3. The summed E-state index contributed by atoms with van der Waals surface area (Å²) in [6.45, 7) is 5.26. The van der Waals surface area contributed by atoms with Crippen molar-refractivity contribution < 1.29 is 19.1 Å². The Morgan fingerprint density at radius 1 is 0.966 bits per heavy atom. The van der Waals surface area contributed by atoms with E-state index in [9.17, 15) is 14.4 Å². The average molecular weight is 391 g/mol. The highest BCUT2D eigenvalue weighted by Gasteiger charge is 2.45. The van der Waals surface area contributed by atoms with Crippen molar-refractivity contribution in [3.8, 4) is 0 Å². The third-order valence-electron chi connectivity index (χ3n) is 5.06. The molecule has 7 nitrogen and oxygen atoms in total. The first-order valence-corrected chi connectivity index (χ1v) is 9.50. The van der Waals surface area contributed by atoms with E-state index in [2.05, 4.69) is 9.97 Å². The molecule has 4 rings (SSSR count). The summed E-state index contributed by atoms with van der Waals surface area (Å²) in [6.07, 6.45) is -0.661. The number of benzene rings is 2. The lowest BCUT2D eigenvalue weighted by molar-refractivity contribution is -0.155. The summed E-state index contributed by atoms with van der Waals surface area (Å²) < 4.78 is 5.62. The van der Waals surface area contributed by atoms with Crippen LogP contribution < -0.4 is 0 Å². The van der Waals surface area contributed by atoms with E-state index in [4.69, 9.17) is 4.74 Å². The maximum atomic E-state index is 13.0. The Bertz CT molecular complexity index is 1050. The van der Waals surface area contributed by atoms with Gasteiger partial charge in [-0.05, 0) is 37.1 Å². The van der Waals surface area contributed by atoms with Crippen LogP contribution in [0, 0.1) is 5.92 Å². The minimum Gasteiger partial charge on any atom is -0.453 e. The first kappa shape index (κ1) is 18.9. The lowest BCUT2D eigenvalue weighted by Crippen LogP contribution is -2.48. The summed E-state index contributed by atoms with van der Waals surface area (Å²) in [5.74, 6) is -1.39. The van der Waals surface area contributed by atoms with Gasteiger partial charge in [0, 0.05) is 0 Å². The van der Waals surface area contributed by atoms with E-state index in [1.54, 1.807) is 45.0 Å². The minimum atomic E-state index is -1.02. The zero-order chi connectivity index (χ0) is 20.7. The fourth-order valence-corrected chi connectivity index (χ4v) is 3.60. The molecule has 29 heavy (non-hydrogen) atoms. The molecule has 2 aromatic carbocycles. The standard InChI is InChI=1S/C22H21N3O4/c1-12(2)18(25-20(26)14-8-4-5-9-15(14)21(25)27)22(28)29-13(3)19-23-16-10-6-7-11-17(16)24-19/h4-13,18H,1-3H3,(H,23,24)/t13-,18-/m0/s1. The van der Waals surface area contributed by atoms with Gasteiger partial charge in [0.1, 0.15) is 11.9 Å². The predicted octanol–water partition coefficient (Wildman–Crippen LogP) is 3.49. The van der Waals surface area contributed by atoms with E-state index in [1.807, 2.05) is 24.3 Å². The smallest absolute Gasteiger partial charge is 0.330 e. The number of para-hydroxylation sites is 2. The Morgan fingerprint density at radius 2 is 1.55 bits per heavy atom. The molecule has 0 radical (unpaired) electrons. The number of hydrogen-bond acceptors (Lipinski definition) is 5. The maximum absolute atomic E-state index is 13.0.